The Morgan fingerprint density at radius 1 is 0.913 bits per heavy atom. The largest absolute Gasteiger partial charge is 0.493 e. The van der Waals surface area contributed by atoms with Gasteiger partial charge < -0.3 is 9.47 Å². The first-order chi connectivity index (χ1) is 11.2. The maximum Gasteiger partial charge on any atom is 0.187 e. The molecule has 5 heteroatoms. The van der Waals surface area contributed by atoms with E-state index >= 15 is 0 Å². The summed E-state index contributed by atoms with van der Waals surface area (Å²) in [7, 11) is 3.26. The average Bonchev–Trinajstić information content (AvgIpc) is 2.59. The van der Waals surface area contributed by atoms with Crippen molar-refractivity contribution in [2.75, 3.05) is 14.2 Å². The van der Waals surface area contributed by atoms with Gasteiger partial charge in [-0.2, -0.15) is 0 Å². The SMILES string of the molecule is COc1ccc2c(C)nc(CCc3ccncc3)nc2c1OC. The van der Waals surface area contributed by atoms with Crippen molar-refractivity contribution >= 4 is 10.9 Å². The molecule has 1 aromatic carbocycles. The molecule has 0 saturated heterocycles. The molecule has 0 spiro atoms. The van der Waals surface area contributed by atoms with Gasteiger partial charge >= 0.3 is 0 Å². The fraction of sp³-hybridized carbons (Fsp3) is 0.278. The highest BCUT2D eigenvalue weighted by Crippen LogP contribution is 2.34. The number of pyridine rings is 1. The van der Waals surface area contributed by atoms with E-state index in [1.807, 2.05) is 31.2 Å². The van der Waals surface area contributed by atoms with E-state index in [2.05, 4.69) is 9.97 Å². The van der Waals surface area contributed by atoms with E-state index in [0.717, 1.165) is 35.3 Å². The molecule has 3 rings (SSSR count). The molecule has 118 valence electrons. The molecule has 2 heterocycles. The van der Waals surface area contributed by atoms with E-state index in [0.29, 0.717) is 11.5 Å². The summed E-state index contributed by atoms with van der Waals surface area (Å²) in [6.45, 7) is 1.99. The fourth-order valence-corrected chi connectivity index (χ4v) is 2.64. The number of methoxy groups -OCH3 is 2. The van der Waals surface area contributed by atoms with Crippen LogP contribution in [-0.2, 0) is 12.8 Å². The lowest BCUT2D eigenvalue weighted by molar-refractivity contribution is 0.358. The number of aryl methyl sites for hydroxylation is 3. The van der Waals surface area contributed by atoms with E-state index in [1.165, 1.54) is 5.56 Å². The topological polar surface area (TPSA) is 57.1 Å². The standard InChI is InChI=1S/C18H19N3O2/c1-12-14-5-6-15(22-2)18(23-3)17(14)21-16(20-12)7-4-13-8-10-19-11-9-13/h5-6,8-11H,4,7H2,1-3H3. The smallest absolute Gasteiger partial charge is 0.187 e. The molecule has 5 nitrogen and oxygen atoms in total. The van der Waals surface area contributed by atoms with Crippen molar-refractivity contribution < 1.29 is 9.47 Å². The highest BCUT2D eigenvalue weighted by Gasteiger charge is 2.14. The maximum atomic E-state index is 5.50. The Morgan fingerprint density at radius 2 is 1.70 bits per heavy atom. The maximum absolute atomic E-state index is 5.50. The van der Waals surface area contributed by atoms with E-state index in [4.69, 9.17) is 14.5 Å². The summed E-state index contributed by atoms with van der Waals surface area (Å²) in [5, 5.41) is 0.982. The number of fused-ring (bicyclic) bond motifs is 1. The Balaban J connectivity index is 1.98. The molecule has 3 aromatic rings. The normalized spacial score (nSPS) is 10.7. The van der Waals surface area contributed by atoms with Crippen LogP contribution in [0.4, 0.5) is 0 Å². The number of rotatable bonds is 5. The number of nitrogens with zero attached hydrogens (tertiary/aromatic N) is 3. The van der Waals surface area contributed by atoms with Crippen LogP contribution in [0.1, 0.15) is 17.1 Å². The molecular formula is C18H19N3O2. The van der Waals surface area contributed by atoms with Crippen LogP contribution in [0.25, 0.3) is 10.9 Å². The van der Waals surface area contributed by atoms with Crippen LogP contribution in [0.3, 0.4) is 0 Å². The van der Waals surface area contributed by atoms with Crippen LogP contribution in [0, 0.1) is 6.92 Å². The van der Waals surface area contributed by atoms with Gasteiger partial charge in [0, 0.05) is 29.9 Å². The van der Waals surface area contributed by atoms with Crippen LogP contribution in [-0.4, -0.2) is 29.2 Å². The Bertz CT molecular complexity index is 819. The molecule has 0 unspecified atom stereocenters. The zero-order chi connectivity index (χ0) is 16.2. The highest BCUT2D eigenvalue weighted by atomic mass is 16.5. The molecule has 0 aliphatic carbocycles. The third kappa shape index (κ3) is 3.08. The van der Waals surface area contributed by atoms with E-state index < -0.39 is 0 Å². The number of ether oxygens (including phenoxy) is 2. The lowest BCUT2D eigenvalue weighted by atomic mass is 10.1. The molecule has 0 N–H and O–H groups in total. The summed E-state index contributed by atoms with van der Waals surface area (Å²) >= 11 is 0. The Hall–Kier alpha value is -2.69. The van der Waals surface area contributed by atoms with Crippen LogP contribution in [0.2, 0.25) is 0 Å². The minimum absolute atomic E-state index is 0.653. The zero-order valence-corrected chi connectivity index (χ0v) is 13.5. The van der Waals surface area contributed by atoms with Crippen LogP contribution in [0.15, 0.2) is 36.7 Å². The minimum atomic E-state index is 0.653. The molecule has 0 aliphatic heterocycles. The fourth-order valence-electron chi connectivity index (χ4n) is 2.64. The highest BCUT2D eigenvalue weighted by molar-refractivity contribution is 5.88. The summed E-state index contributed by atoms with van der Waals surface area (Å²) in [6.07, 6.45) is 5.24. The number of aromatic nitrogens is 3. The lowest BCUT2D eigenvalue weighted by Gasteiger charge is -2.12. The van der Waals surface area contributed by atoms with Gasteiger partial charge in [0.15, 0.2) is 11.5 Å². The van der Waals surface area contributed by atoms with Gasteiger partial charge in [-0.3, -0.25) is 4.98 Å². The molecule has 0 aliphatic rings. The van der Waals surface area contributed by atoms with Crippen molar-refractivity contribution in [2.24, 2.45) is 0 Å². The molecule has 0 atom stereocenters. The van der Waals surface area contributed by atoms with E-state index in [1.54, 1.807) is 26.6 Å². The summed E-state index contributed by atoms with van der Waals surface area (Å²) in [6, 6.07) is 7.88. The van der Waals surface area contributed by atoms with Gasteiger partial charge in [-0.05, 0) is 43.2 Å². The second kappa shape index (κ2) is 6.60. The first-order valence-corrected chi connectivity index (χ1v) is 7.50. The zero-order valence-electron chi connectivity index (χ0n) is 13.5. The molecule has 0 radical (unpaired) electrons. The second-order valence-electron chi connectivity index (χ2n) is 5.28. The molecule has 23 heavy (non-hydrogen) atoms. The number of hydrogen-bond acceptors (Lipinski definition) is 5. The third-order valence-electron chi connectivity index (χ3n) is 3.83. The summed E-state index contributed by atoms with van der Waals surface area (Å²) in [5.74, 6) is 2.14. The van der Waals surface area contributed by atoms with Gasteiger partial charge in [0.1, 0.15) is 11.3 Å². The Kier molecular flexibility index (Phi) is 4.37. The van der Waals surface area contributed by atoms with Crippen molar-refractivity contribution in [3.63, 3.8) is 0 Å². The lowest BCUT2D eigenvalue weighted by Crippen LogP contribution is -2.03. The average molecular weight is 309 g/mol. The van der Waals surface area contributed by atoms with Gasteiger partial charge in [-0.1, -0.05) is 0 Å². The Morgan fingerprint density at radius 3 is 2.39 bits per heavy atom. The third-order valence-corrected chi connectivity index (χ3v) is 3.83. The quantitative estimate of drug-likeness (QED) is 0.724. The predicted octanol–water partition coefficient (Wildman–Crippen LogP) is 3.14. The molecule has 0 bridgehead atoms. The van der Waals surface area contributed by atoms with Crippen molar-refractivity contribution in [3.8, 4) is 11.5 Å². The second-order valence-corrected chi connectivity index (χ2v) is 5.28. The number of hydrogen-bond donors (Lipinski definition) is 0. The van der Waals surface area contributed by atoms with Gasteiger partial charge in [0.05, 0.1) is 14.2 Å². The van der Waals surface area contributed by atoms with E-state index in [9.17, 15) is 0 Å². The monoisotopic (exact) mass is 309 g/mol. The van der Waals surface area contributed by atoms with E-state index in [-0.39, 0.29) is 0 Å². The summed E-state index contributed by atoms with van der Waals surface area (Å²) < 4.78 is 10.9. The molecule has 0 amide bonds. The van der Waals surface area contributed by atoms with Crippen LogP contribution >= 0.6 is 0 Å². The summed E-state index contributed by atoms with van der Waals surface area (Å²) in [5.41, 5.74) is 2.96. The molecule has 2 aromatic heterocycles. The predicted molar refractivity (Wildman–Crippen MR) is 89.0 cm³/mol. The van der Waals surface area contributed by atoms with Crippen molar-refractivity contribution in [1.82, 2.24) is 15.0 Å². The van der Waals surface area contributed by atoms with Gasteiger partial charge in [-0.25, -0.2) is 9.97 Å². The van der Waals surface area contributed by atoms with Gasteiger partial charge in [0.25, 0.3) is 0 Å². The summed E-state index contributed by atoms with van der Waals surface area (Å²) in [4.78, 5) is 13.4. The first-order valence-electron chi connectivity index (χ1n) is 7.50. The first kappa shape index (κ1) is 15.2. The van der Waals surface area contributed by atoms with Crippen molar-refractivity contribution in [2.45, 2.75) is 19.8 Å². The van der Waals surface area contributed by atoms with Crippen LogP contribution in [0.5, 0.6) is 11.5 Å². The Labute approximate surface area is 135 Å². The minimum Gasteiger partial charge on any atom is -0.493 e. The van der Waals surface area contributed by atoms with Crippen molar-refractivity contribution in [1.29, 1.82) is 0 Å². The number of benzene rings is 1. The molecule has 0 fully saturated rings. The van der Waals surface area contributed by atoms with Gasteiger partial charge in [0.2, 0.25) is 0 Å². The molecule has 0 saturated carbocycles. The van der Waals surface area contributed by atoms with Crippen molar-refractivity contribution in [3.05, 3.63) is 53.7 Å². The molecular weight excluding hydrogens is 290 g/mol. The van der Waals surface area contributed by atoms with Gasteiger partial charge in [-0.15, -0.1) is 0 Å². The van der Waals surface area contributed by atoms with Crippen LogP contribution < -0.4 is 9.47 Å².